The number of hydrogen-bond donors (Lipinski definition) is 1. The van der Waals surface area contributed by atoms with Gasteiger partial charge in [-0.05, 0) is 36.1 Å². The number of rotatable bonds is 6. The number of para-hydroxylation sites is 1. The van der Waals surface area contributed by atoms with Crippen LogP contribution in [0.15, 0.2) is 48.5 Å². The third kappa shape index (κ3) is 4.44. The average molecular weight is 324 g/mol. The lowest BCUT2D eigenvalue weighted by Gasteiger charge is -2.23. The monoisotopic (exact) mass is 324 g/mol. The number of anilines is 1. The molecule has 2 amide bonds. The van der Waals surface area contributed by atoms with E-state index >= 15 is 0 Å². The normalized spacial score (nSPS) is 10.3. The fourth-order valence-electron chi connectivity index (χ4n) is 2.64. The molecule has 0 saturated heterocycles. The van der Waals surface area contributed by atoms with E-state index in [2.05, 4.69) is 5.32 Å². The van der Waals surface area contributed by atoms with Gasteiger partial charge in [0.05, 0.1) is 0 Å². The fraction of sp³-hybridized carbons (Fsp3) is 0.300. The molecular formula is C20H24N2O2. The van der Waals surface area contributed by atoms with Crippen molar-refractivity contribution in [1.82, 2.24) is 5.32 Å². The molecule has 24 heavy (non-hydrogen) atoms. The van der Waals surface area contributed by atoms with Crippen molar-refractivity contribution >= 4 is 17.5 Å². The molecule has 1 N–H and O–H groups in total. The largest absolute Gasteiger partial charge is 0.350 e. The zero-order chi connectivity index (χ0) is 17.5. The summed E-state index contributed by atoms with van der Waals surface area (Å²) >= 11 is 0. The van der Waals surface area contributed by atoms with Gasteiger partial charge in [-0.3, -0.25) is 9.59 Å². The summed E-state index contributed by atoms with van der Waals surface area (Å²) in [6.45, 7) is 6.03. The van der Waals surface area contributed by atoms with E-state index in [1.807, 2.05) is 62.4 Å². The van der Waals surface area contributed by atoms with Crippen molar-refractivity contribution in [3.8, 4) is 0 Å². The highest BCUT2D eigenvalue weighted by Crippen LogP contribution is 2.21. The summed E-state index contributed by atoms with van der Waals surface area (Å²) in [5.74, 6) is -0.304. The Morgan fingerprint density at radius 2 is 1.62 bits per heavy atom. The molecule has 0 radical (unpaired) electrons. The van der Waals surface area contributed by atoms with E-state index in [4.69, 9.17) is 0 Å². The predicted molar refractivity (Wildman–Crippen MR) is 96.9 cm³/mol. The SMILES string of the molecule is CCc1ccccc1N(CC(=O)NCc1ccccc1C)C(C)=O. The van der Waals surface area contributed by atoms with E-state index in [0.29, 0.717) is 6.54 Å². The number of benzene rings is 2. The van der Waals surface area contributed by atoms with E-state index in [1.54, 1.807) is 0 Å². The lowest BCUT2D eigenvalue weighted by Crippen LogP contribution is -2.40. The molecule has 0 aliphatic carbocycles. The van der Waals surface area contributed by atoms with E-state index in [1.165, 1.54) is 11.8 Å². The number of nitrogens with one attached hydrogen (secondary N) is 1. The molecule has 0 fully saturated rings. The molecule has 2 aromatic rings. The van der Waals surface area contributed by atoms with E-state index in [0.717, 1.165) is 28.8 Å². The summed E-state index contributed by atoms with van der Waals surface area (Å²) in [6.07, 6.45) is 0.810. The van der Waals surface area contributed by atoms with Gasteiger partial charge in [-0.2, -0.15) is 0 Å². The summed E-state index contributed by atoms with van der Waals surface area (Å²) in [4.78, 5) is 25.9. The first kappa shape index (κ1) is 17.7. The Bertz CT molecular complexity index is 725. The Morgan fingerprint density at radius 1 is 1.00 bits per heavy atom. The van der Waals surface area contributed by atoms with Crippen molar-refractivity contribution in [1.29, 1.82) is 0 Å². The van der Waals surface area contributed by atoms with Crippen molar-refractivity contribution in [3.63, 3.8) is 0 Å². The number of amides is 2. The zero-order valence-electron chi connectivity index (χ0n) is 14.5. The summed E-state index contributed by atoms with van der Waals surface area (Å²) in [5.41, 5.74) is 4.07. The fourth-order valence-corrected chi connectivity index (χ4v) is 2.64. The van der Waals surface area contributed by atoms with E-state index in [9.17, 15) is 9.59 Å². The number of carbonyl (C=O) groups excluding carboxylic acids is 2. The van der Waals surface area contributed by atoms with Crippen molar-refractivity contribution in [2.75, 3.05) is 11.4 Å². The third-order valence-corrected chi connectivity index (χ3v) is 4.08. The van der Waals surface area contributed by atoms with Crippen LogP contribution in [-0.2, 0) is 22.6 Å². The van der Waals surface area contributed by atoms with Gasteiger partial charge in [-0.15, -0.1) is 0 Å². The summed E-state index contributed by atoms with van der Waals surface area (Å²) in [6, 6.07) is 15.6. The van der Waals surface area contributed by atoms with Crippen molar-refractivity contribution in [2.45, 2.75) is 33.7 Å². The first-order valence-electron chi connectivity index (χ1n) is 8.20. The van der Waals surface area contributed by atoms with Gasteiger partial charge in [0.25, 0.3) is 0 Å². The first-order valence-corrected chi connectivity index (χ1v) is 8.20. The Labute approximate surface area is 143 Å². The maximum Gasteiger partial charge on any atom is 0.240 e. The number of nitrogens with zero attached hydrogens (tertiary/aromatic N) is 1. The molecule has 0 aliphatic heterocycles. The van der Waals surface area contributed by atoms with Crippen LogP contribution in [0.4, 0.5) is 5.69 Å². The van der Waals surface area contributed by atoms with Crippen LogP contribution < -0.4 is 10.2 Å². The second kappa shape index (κ2) is 8.29. The average Bonchev–Trinajstić information content (AvgIpc) is 2.58. The maximum absolute atomic E-state index is 12.3. The Hall–Kier alpha value is -2.62. The van der Waals surface area contributed by atoms with Gasteiger partial charge in [0.2, 0.25) is 11.8 Å². The maximum atomic E-state index is 12.3. The highest BCUT2D eigenvalue weighted by atomic mass is 16.2. The molecule has 0 bridgehead atoms. The molecule has 4 nitrogen and oxygen atoms in total. The lowest BCUT2D eigenvalue weighted by molar-refractivity contribution is -0.123. The minimum atomic E-state index is -0.167. The molecule has 0 aromatic heterocycles. The van der Waals surface area contributed by atoms with Gasteiger partial charge in [-0.1, -0.05) is 49.4 Å². The molecule has 0 saturated carbocycles. The van der Waals surface area contributed by atoms with Crippen LogP contribution >= 0.6 is 0 Å². The highest BCUT2D eigenvalue weighted by Gasteiger charge is 2.17. The molecule has 2 aromatic carbocycles. The van der Waals surface area contributed by atoms with Crippen LogP contribution in [0.3, 0.4) is 0 Å². The second-order valence-electron chi connectivity index (χ2n) is 5.79. The molecule has 0 atom stereocenters. The van der Waals surface area contributed by atoms with E-state index in [-0.39, 0.29) is 18.4 Å². The van der Waals surface area contributed by atoms with Crippen molar-refractivity contribution in [3.05, 3.63) is 65.2 Å². The van der Waals surface area contributed by atoms with Crippen LogP contribution in [0, 0.1) is 6.92 Å². The zero-order valence-corrected chi connectivity index (χ0v) is 14.5. The molecule has 126 valence electrons. The van der Waals surface area contributed by atoms with Crippen LogP contribution in [0.5, 0.6) is 0 Å². The topological polar surface area (TPSA) is 49.4 Å². The molecular weight excluding hydrogens is 300 g/mol. The molecule has 0 spiro atoms. The van der Waals surface area contributed by atoms with Gasteiger partial charge in [0.1, 0.15) is 6.54 Å². The van der Waals surface area contributed by atoms with Crippen molar-refractivity contribution < 1.29 is 9.59 Å². The van der Waals surface area contributed by atoms with Gasteiger partial charge >= 0.3 is 0 Å². The quantitative estimate of drug-likeness (QED) is 0.887. The second-order valence-corrected chi connectivity index (χ2v) is 5.79. The standard InChI is InChI=1S/C20H24N2O2/c1-4-17-10-7-8-12-19(17)22(16(3)23)14-20(24)21-13-18-11-6-5-9-15(18)2/h5-12H,4,13-14H2,1-3H3,(H,21,24). The first-order chi connectivity index (χ1) is 11.5. The summed E-state index contributed by atoms with van der Waals surface area (Å²) < 4.78 is 0. The summed E-state index contributed by atoms with van der Waals surface area (Å²) in [5, 5.41) is 2.90. The van der Waals surface area contributed by atoms with Gasteiger partial charge in [-0.25, -0.2) is 0 Å². The minimum absolute atomic E-state index is 0.0260. The Kier molecular flexibility index (Phi) is 6.13. The van der Waals surface area contributed by atoms with Crippen LogP contribution in [0.2, 0.25) is 0 Å². The third-order valence-electron chi connectivity index (χ3n) is 4.08. The van der Waals surface area contributed by atoms with E-state index < -0.39 is 0 Å². The van der Waals surface area contributed by atoms with Gasteiger partial charge < -0.3 is 10.2 Å². The number of hydrogen-bond acceptors (Lipinski definition) is 2. The molecule has 0 heterocycles. The minimum Gasteiger partial charge on any atom is -0.350 e. The van der Waals surface area contributed by atoms with Crippen molar-refractivity contribution in [2.24, 2.45) is 0 Å². The Morgan fingerprint density at radius 3 is 2.25 bits per heavy atom. The van der Waals surface area contributed by atoms with Gasteiger partial charge in [0, 0.05) is 19.2 Å². The predicted octanol–water partition coefficient (Wildman–Crippen LogP) is 3.23. The highest BCUT2D eigenvalue weighted by molar-refractivity contribution is 5.98. The molecule has 0 unspecified atom stereocenters. The lowest BCUT2D eigenvalue weighted by atomic mass is 10.1. The Balaban J connectivity index is 2.07. The smallest absolute Gasteiger partial charge is 0.240 e. The molecule has 2 rings (SSSR count). The number of aryl methyl sites for hydroxylation is 2. The van der Waals surface area contributed by atoms with Crippen LogP contribution in [0.1, 0.15) is 30.5 Å². The molecule has 4 heteroatoms. The van der Waals surface area contributed by atoms with Crippen LogP contribution in [-0.4, -0.2) is 18.4 Å². The molecule has 0 aliphatic rings. The number of carbonyl (C=O) groups is 2. The van der Waals surface area contributed by atoms with Crippen LogP contribution in [0.25, 0.3) is 0 Å². The summed E-state index contributed by atoms with van der Waals surface area (Å²) in [7, 11) is 0. The van der Waals surface area contributed by atoms with Gasteiger partial charge in [0.15, 0.2) is 0 Å².